The summed E-state index contributed by atoms with van der Waals surface area (Å²) in [4.78, 5) is 39.4. The molecule has 2 aromatic rings. The second-order valence-corrected chi connectivity index (χ2v) is 9.14. The van der Waals surface area contributed by atoms with E-state index in [1.807, 2.05) is 30.3 Å². The Morgan fingerprint density at radius 3 is 2.43 bits per heavy atom. The van der Waals surface area contributed by atoms with Crippen LogP contribution in [0.5, 0.6) is 0 Å². The minimum Gasteiger partial charge on any atom is -0.352 e. The first-order chi connectivity index (χ1) is 16.9. The highest BCUT2D eigenvalue weighted by Crippen LogP contribution is 2.20. The molecule has 2 aliphatic heterocycles. The third-order valence-electron chi connectivity index (χ3n) is 6.67. The van der Waals surface area contributed by atoms with Gasteiger partial charge in [0.2, 0.25) is 17.7 Å². The van der Waals surface area contributed by atoms with Crippen LogP contribution in [0.2, 0.25) is 0 Å². The van der Waals surface area contributed by atoms with Crippen LogP contribution in [0.4, 0.5) is 4.39 Å². The van der Waals surface area contributed by atoms with Crippen LogP contribution in [0, 0.1) is 18.7 Å². The SMILES string of the molecule is Cc1ccc(CNC(=O)C2CCN(C(=O)CCC(=O)N3CCC(c4ccccc4)=N3)CC2)cc1F. The molecule has 0 spiro atoms. The molecule has 0 aliphatic carbocycles. The molecule has 3 amide bonds. The van der Waals surface area contributed by atoms with E-state index >= 15 is 0 Å². The number of carbonyl (C=O) groups excluding carboxylic acids is 3. The first-order valence-electron chi connectivity index (χ1n) is 12.1. The molecule has 35 heavy (non-hydrogen) atoms. The lowest BCUT2D eigenvalue weighted by Crippen LogP contribution is -2.43. The van der Waals surface area contributed by atoms with Crippen molar-refractivity contribution in [3.63, 3.8) is 0 Å². The first-order valence-corrected chi connectivity index (χ1v) is 12.1. The number of benzene rings is 2. The predicted molar refractivity (Wildman–Crippen MR) is 131 cm³/mol. The van der Waals surface area contributed by atoms with Crippen LogP contribution in [0.25, 0.3) is 0 Å². The number of carbonyl (C=O) groups is 3. The Morgan fingerprint density at radius 2 is 1.71 bits per heavy atom. The lowest BCUT2D eigenvalue weighted by molar-refractivity contribution is -0.138. The summed E-state index contributed by atoms with van der Waals surface area (Å²) in [7, 11) is 0. The number of hydrazone groups is 1. The molecule has 2 aliphatic rings. The van der Waals surface area contributed by atoms with Crippen LogP contribution in [-0.4, -0.2) is 53.0 Å². The Kier molecular flexibility index (Phi) is 7.90. The largest absolute Gasteiger partial charge is 0.352 e. The molecule has 8 heteroatoms. The molecule has 1 N–H and O–H groups in total. The van der Waals surface area contributed by atoms with Gasteiger partial charge in [-0.2, -0.15) is 5.10 Å². The molecule has 4 rings (SSSR count). The molecule has 0 unspecified atom stereocenters. The van der Waals surface area contributed by atoms with Crippen LogP contribution in [0.1, 0.15) is 48.8 Å². The Morgan fingerprint density at radius 1 is 1.00 bits per heavy atom. The van der Waals surface area contributed by atoms with Gasteiger partial charge in [0, 0.05) is 44.8 Å². The molecule has 184 valence electrons. The van der Waals surface area contributed by atoms with E-state index in [9.17, 15) is 18.8 Å². The monoisotopic (exact) mass is 478 g/mol. The van der Waals surface area contributed by atoms with Gasteiger partial charge in [0.25, 0.3) is 0 Å². The van der Waals surface area contributed by atoms with Gasteiger partial charge in [-0.25, -0.2) is 9.40 Å². The number of hydrogen-bond donors (Lipinski definition) is 1. The van der Waals surface area contributed by atoms with Crippen molar-refractivity contribution in [2.75, 3.05) is 19.6 Å². The van der Waals surface area contributed by atoms with E-state index < -0.39 is 0 Å². The molecule has 1 saturated heterocycles. The number of piperidine rings is 1. The van der Waals surface area contributed by atoms with Crippen molar-refractivity contribution in [3.05, 3.63) is 71.0 Å². The summed E-state index contributed by atoms with van der Waals surface area (Å²) in [6, 6.07) is 14.7. The number of likely N-dealkylation sites (tertiary alicyclic amines) is 1. The molecule has 2 heterocycles. The van der Waals surface area contributed by atoms with Crippen molar-refractivity contribution < 1.29 is 18.8 Å². The topological polar surface area (TPSA) is 82.1 Å². The van der Waals surface area contributed by atoms with Crippen molar-refractivity contribution in [3.8, 4) is 0 Å². The highest BCUT2D eigenvalue weighted by atomic mass is 19.1. The first kappa shape index (κ1) is 24.6. The average Bonchev–Trinajstić information content (AvgIpc) is 3.39. The van der Waals surface area contributed by atoms with Gasteiger partial charge in [-0.15, -0.1) is 0 Å². The summed E-state index contributed by atoms with van der Waals surface area (Å²) in [5, 5.41) is 8.78. The Balaban J connectivity index is 1.18. The summed E-state index contributed by atoms with van der Waals surface area (Å²) < 4.78 is 13.7. The minimum atomic E-state index is -0.282. The maximum Gasteiger partial charge on any atom is 0.243 e. The zero-order valence-electron chi connectivity index (χ0n) is 20.0. The van der Waals surface area contributed by atoms with Crippen molar-refractivity contribution in [1.29, 1.82) is 0 Å². The number of aryl methyl sites for hydroxylation is 1. The Hall–Kier alpha value is -3.55. The number of halogens is 1. The molecule has 0 bridgehead atoms. The molecule has 0 saturated carbocycles. The summed E-state index contributed by atoms with van der Waals surface area (Å²) in [5.41, 5.74) is 3.19. The number of nitrogens with one attached hydrogen (secondary N) is 1. The third-order valence-corrected chi connectivity index (χ3v) is 6.67. The fraction of sp³-hybridized carbons (Fsp3) is 0.407. The van der Waals surface area contributed by atoms with E-state index in [0.717, 1.165) is 16.8 Å². The zero-order chi connectivity index (χ0) is 24.8. The van der Waals surface area contributed by atoms with Crippen molar-refractivity contribution in [1.82, 2.24) is 15.2 Å². The minimum absolute atomic E-state index is 0.0706. The second kappa shape index (κ2) is 11.3. The van der Waals surface area contributed by atoms with Crippen LogP contribution in [0.3, 0.4) is 0 Å². The quantitative estimate of drug-likeness (QED) is 0.662. The summed E-state index contributed by atoms with van der Waals surface area (Å²) in [6.45, 7) is 3.49. The fourth-order valence-electron chi connectivity index (χ4n) is 4.44. The summed E-state index contributed by atoms with van der Waals surface area (Å²) in [5.74, 6) is -0.749. The van der Waals surface area contributed by atoms with Gasteiger partial charge >= 0.3 is 0 Å². The number of rotatable bonds is 7. The molecular weight excluding hydrogens is 447 g/mol. The van der Waals surface area contributed by atoms with Crippen molar-refractivity contribution in [2.24, 2.45) is 11.0 Å². The van der Waals surface area contributed by atoms with E-state index in [4.69, 9.17) is 0 Å². The van der Waals surface area contributed by atoms with Crippen LogP contribution in [-0.2, 0) is 20.9 Å². The molecule has 1 fully saturated rings. The van der Waals surface area contributed by atoms with Gasteiger partial charge in [-0.1, -0.05) is 42.5 Å². The predicted octanol–water partition coefficient (Wildman–Crippen LogP) is 3.41. The maximum atomic E-state index is 13.7. The standard InChI is InChI=1S/C27H31FN4O3/c1-19-7-8-20(17-23(19)28)18-29-27(35)22-11-14-31(15-12-22)25(33)9-10-26(34)32-16-13-24(30-32)21-5-3-2-4-6-21/h2-8,17,22H,9-16,18H2,1H3,(H,29,35). The van der Waals surface area contributed by atoms with E-state index in [-0.39, 0.29) is 48.8 Å². The summed E-state index contributed by atoms with van der Waals surface area (Å²) in [6.07, 6.45) is 2.12. The van der Waals surface area contributed by atoms with E-state index in [0.29, 0.717) is 44.5 Å². The maximum absolute atomic E-state index is 13.7. The van der Waals surface area contributed by atoms with Crippen molar-refractivity contribution in [2.45, 2.75) is 45.6 Å². The van der Waals surface area contributed by atoms with Crippen LogP contribution >= 0.6 is 0 Å². The average molecular weight is 479 g/mol. The van der Waals surface area contributed by atoms with Gasteiger partial charge in [0.1, 0.15) is 5.82 Å². The van der Waals surface area contributed by atoms with Crippen LogP contribution in [0.15, 0.2) is 53.6 Å². The number of nitrogens with zero attached hydrogens (tertiary/aromatic N) is 3. The second-order valence-electron chi connectivity index (χ2n) is 9.14. The Labute approximate surface area is 205 Å². The highest BCUT2D eigenvalue weighted by molar-refractivity contribution is 6.02. The molecular formula is C27H31FN4O3. The summed E-state index contributed by atoms with van der Waals surface area (Å²) >= 11 is 0. The van der Waals surface area contributed by atoms with Crippen LogP contribution < -0.4 is 5.32 Å². The van der Waals surface area contributed by atoms with E-state index in [2.05, 4.69) is 10.4 Å². The van der Waals surface area contributed by atoms with Gasteiger partial charge in [0.15, 0.2) is 0 Å². The van der Waals surface area contributed by atoms with Gasteiger partial charge in [-0.05, 0) is 42.5 Å². The lowest BCUT2D eigenvalue weighted by atomic mass is 9.95. The highest BCUT2D eigenvalue weighted by Gasteiger charge is 2.28. The molecule has 0 radical (unpaired) electrons. The zero-order valence-corrected chi connectivity index (χ0v) is 20.0. The number of hydrogen-bond acceptors (Lipinski definition) is 4. The van der Waals surface area contributed by atoms with E-state index in [1.54, 1.807) is 24.0 Å². The third kappa shape index (κ3) is 6.32. The smallest absolute Gasteiger partial charge is 0.243 e. The molecule has 0 aromatic heterocycles. The van der Waals surface area contributed by atoms with Gasteiger partial charge < -0.3 is 10.2 Å². The van der Waals surface area contributed by atoms with Gasteiger partial charge in [0.05, 0.1) is 12.3 Å². The molecule has 0 atom stereocenters. The van der Waals surface area contributed by atoms with Crippen molar-refractivity contribution >= 4 is 23.4 Å². The number of amides is 3. The fourth-order valence-corrected chi connectivity index (χ4v) is 4.44. The van der Waals surface area contributed by atoms with E-state index in [1.165, 1.54) is 11.1 Å². The molecule has 2 aromatic carbocycles. The lowest BCUT2D eigenvalue weighted by Gasteiger charge is -2.31. The Bertz CT molecular complexity index is 1110. The normalized spacial score (nSPS) is 16.2. The molecule has 7 nitrogen and oxygen atoms in total. The van der Waals surface area contributed by atoms with Gasteiger partial charge in [-0.3, -0.25) is 14.4 Å².